The molecular formula is C17H27NO. The van der Waals surface area contributed by atoms with E-state index in [2.05, 4.69) is 30.0 Å². The first kappa shape index (κ1) is 14.4. The minimum atomic E-state index is 0.686. The van der Waals surface area contributed by atoms with Crippen LogP contribution in [0.4, 0.5) is 0 Å². The number of hydrogen-bond acceptors (Lipinski definition) is 2. The van der Waals surface area contributed by atoms with E-state index in [4.69, 9.17) is 4.74 Å². The van der Waals surface area contributed by atoms with Gasteiger partial charge in [0.05, 0.1) is 7.11 Å². The fourth-order valence-electron chi connectivity index (χ4n) is 3.01. The first-order valence-corrected chi connectivity index (χ1v) is 7.69. The predicted octanol–water partition coefficient (Wildman–Crippen LogP) is 4.06. The molecular weight excluding hydrogens is 234 g/mol. The molecule has 0 aromatic heterocycles. The lowest BCUT2D eigenvalue weighted by Gasteiger charge is -2.33. The summed E-state index contributed by atoms with van der Waals surface area (Å²) in [6, 6.07) is 8.61. The van der Waals surface area contributed by atoms with Crippen LogP contribution in [0, 0.1) is 0 Å². The van der Waals surface area contributed by atoms with Gasteiger partial charge in [-0.25, -0.2) is 0 Å². The number of ether oxygens (including phenoxy) is 1. The van der Waals surface area contributed by atoms with Crippen molar-refractivity contribution in [3.63, 3.8) is 0 Å². The molecule has 1 aromatic carbocycles. The van der Waals surface area contributed by atoms with E-state index in [0.717, 1.165) is 5.75 Å². The van der Waals surface area contributed by atoms with Gasteiger partial charge in [0, 0.05) is 6.54 Å². The zero-order chi connectivity index (χ0) is 13.5. The number of rotatable bonds is 6. The van der Waals surface area contributed by atoms with Gasteiger partial charge in [-0.15, -0.1) is 0 Å². The standard InChI is InChI=1S/C17H27NO/c1-3-4-5-11-18-12-7-9-16(14-18)15-8-6-10-17(13-15)19-2/h6,8,10,13,16H,3-5,7,9,11-12,14H2,1-2H3. The van der Waals surface area contributed by atoms with Gasteiger partial charge in [0.25, 0.3) is 0 Å². The molecule has 2 rings (SSSR count). The highest BCUT2D eigenvalue weighted by molar-refractivity contribution is 5.31. The molecule has 2 heteroatoms. The lowest BCUT2D eigenvalue weighted by Crippen LogP contribution is -2.35. The van der Waals surface area contributed by atoms with E-state index in [1.54, 1.807) is 7.11 Å². The summed E-state index contributed by atoms with van der Waals surface area (Å²) in [7, 11) is 1.75. The number of benzene rings is 1. The number of hydrogen-bond donors (Lipinski definition) is 0. The Hall–Kier alpha value is -1.02. The van der Waals surface area contributed by atoms with Crippen molar-refractivity contribution >= 4 is 0 Å². The highest BCUT2D eigenvalue weighted by Gasteiger charge is 2.21. The van der Waals surface area contributed by atoms with Crippen LogP contribution in [0.1, 0.15) is 50.5 Å². The molecule has 0 N–H and O–H groups in total. The van der Waals surface area contributed by atoms with Gasteiger partial charge in [-0.3, -0.25) is 0 Å². The summed E-state index contributed by atoms with van der Waals surface area (Å²) in [5, 5.41) is 0. The summed E-state index contributed by atoms with van der Waals surface area (Å²) < 4.78 is 5.34. The molecule has 0 amide bonds. The number of methoxy groups -OCH3 is 1. The largest absolute Gasteiger partial charge is 0.497 e. The van der Waals surface area contributed by atoms with Crippen LogP contribution >= 0.6 is 0 Å². The second-order valence-electron chi connectivity index (χ2n) is 5.62. The lowest BCUT2D eigenvalue weighted by molar-refractivity contribution is 0.204. The Morgan fingerprint density at radius 3 is 3.00 bits per heavy atom. The van der Waals surface area contributed by atoms with Crippen LogP contribution in [0.25, 0.3) is 0 Å². The Labute approximate surface area is 117 Å². The molecule has 106 valence electrons. The normalized spacial score (nSPS) is 20.4. The molecule has 0 spiro atoms. The van der Waals surface area contributed by atoms with Crippen LogP contribution in [0.5, 0.6) is 5.75 Å². The first-order chi connectivity index (χ1) is 9.33. The number of nitrogens with zero attached hydrogens (tertiary/aromatic N) is 1. The Kier molecular flexibility index (Phi) is 5.71. The molecule has 0 saturated carbocycles. The quantitative estimate of drug-likeness (QED) is 0.716. The molecule has 19 heavy (non-hydrogen) atoms. The minimum absolute atomic E-state index is 0.686. The van der Waals surface area contributed by atoms with Crippen molar-refractivity contribution in [3.05, 3.63) is 29.8 Å². The zero-order valence-electron chi connectivity index (χ0n) is 12.4. The molecule has 1 atom stereocenters. The van der Waals surface area contributed by atoms with Crippen molar-refractivity contribution in [2.75, 3.05) is 26.7 Å². The third-order valence-corrected chi connectivity index (χ3v) is 4.15. The minimum Gasteiger partial charge on any atom is -0.497 e. The Morgan fingerprint density at radius 2 is 2.21 bits per heavy atom. The van der Waals surface area contributed by atoms with Crippen molar-refractivity contribution in [1.29, 1.82) is 0 Å². The molecule has 0 aliphatic carbocycles. The second kappa shape index (κ2) is 7.54. The lowest BCUT2D eigenvalue weighted by atomic mass is 9.90. The maximum Gasteiger partial charge on any atom is 0.119 e. The van der Waals surface area contributed by atoms with Crippen LogP contribution in [-0.4, -0.2) is 31.6 Å². The van der Waals surface area contributed by atoms with E-state index in [-0.39, 0.29) is 0 Å². The van der Waals surface area contributed by atoms with Crippen LogP contribution in [0.2, 0.25) is 0 Å². The number of piperidine rings is 1. The summed E-state index contributed by atoms with van der Waals surface area (Å²) in [5.41, 5.74) is 1.44. The number of unbranched alkanes of at least 4 members (excludes halogenated alkanes) is 2. The van der Waals surface area contributed by atoms with E-state index in [0.29, 0.717) is 5.92 Å². The molecule has 1 unspecified atom stereocenters. The number of likely N-dealkylation sites (tertiary alicyclic amines) is 1. The molecule has 2 nitrogen and oxygen atoms in total. The van der Waals surface area contributed by atoms with Crippen molar-refractivity contribution in [1.82, 2.24) is 4.90 Å². The monoisotopic (exact) mass is 261 g/mol. The molecule has 1 saturated heterocycles. The zero-order valence-corrected chi connectivity index (χ0v) is 12.4. The average Bonchev–Trinajstić information content (AvgIpc) is 2.48. The average molecular weight is 261 g/mol. The van der Waals surface area contributed by atoms with E-state index in [1.165, 1.54) is 57.3 Å². The van der Waals surface area contributed by atoms with Gasteiger partial charge in [-0.05, 0) is 56.0 Å². The molecule has 1 fully saturated rings. The summed E-state index contributed by atoms with van der Waals surface area (Å²) in [6.07, 6.45) is 6.67. The Balaban J connectivity index is 1.92. The van der Waals surface area contributed by atoms with Crippen molar-refractivity contribution in [2.45, 2.75) is 44.9 Å². The van der Waals surface area contributed by atoms with Crippen molar-refractivity contribution in [3.8, 4) is 5.75 Å². The van der Waals surface area contributed by atoms with Gasteiger partial charge in [0.15, 0.2) is 0 Å². The van der Waals surface area contributed by atoms with Gasteiger partial charge in [0.1, 0.15) is 5.75 Å². The summed E-state index contributed by atoms with van der Waals surface area (Å²) >= 11 is 0. The van der Waals surface area contributed by atoms with Gasteiger partial charge < -0.3 is 9.64 Å². The molecule has 1 aliphatic heterocycles. The SMILES string of the molecule is CCCCCN1CCCC(c2cccc(OC)c2)C1. The van der Waals surface area contributed by atoms with Gasteiger partial charge >= 0.3 is 0 Å². The van der Waals surface area contributed by atoms with Gasteiger partial charge in [-0.2, -0.15) is 0 Å². The maximum atomic E-state index is 5.34. The van der Waals surface area contributed by atoms with Crippen molar-refractivity contribution < 1.29 is 4.74 Å². The molecule has 1 aromatic rings. The van der Waals surface area contributed by atoms with Crippen molar-refractivity contribution in [2.24, 2.45) is 0 Å². The van der Waals surface area contributed by atoms with Crippen LogP contribution in [-0.2, 0) is 0 Å². The van der Waals surface area contributed by atoms with E-state index in [9.17, 15) is 0 Å². The molecule has 1 heterocycles. The summed E-state index contributed by atoms with van der Waals surface area (Å²) in [5.74, 6) is 1.67. The molecule has 1 aliphatic rings. The maximum absolute atomic E-state index is 5.34. The fraction of sp³-hybridized carbons (Fsp3) is 0.647. The highest BCUT2D eigenvalue weighted by Crippen LogP contribution is 2.29. The fourth-order valence-corrected chi connectivity index (χ4v) is 3.01. The third kappa shape index (κ3) is 4.24. The van der Waals surface area contributed by atoms with Gasteiger partial charge in [-0.1, -0.05) is 31.9 Å². The van der Waals surface area contributed by atoms with Gasteiger partial charge in [0.2, 0.25) is 0 Å². The van der Waals surface area contributed by atoms with E-state index < -0.39 is 0 Å². The topological polar surface area (TPSA) is 12.5 Å². The van der Waals surface area contributed by atoms with Crippen LogP contribution < -0.4 is 4.74 Å². The Bertz CT molecular complexity index is 377. The molecule has 0 bridgehead atoms. The molecule has 0 radical (unpaired) electrons. The summed E-state index contributed by atoms with van der Waals surface area (Å²) in [6.45, 7) is 6.05. The first-order valence-electron chi connectivity index (χ1n) is 7.69. The highest BCUT2D eigenvalue weighted by atomic mass is 16.5. The second-order valence-corrected chi connectivity index (χ2v) is 5.62. The predicted molar refractivity (Wildman–Crippen MR) is 80.9 cm³/mol. The summed E-state index contributed by atoms with van der Waals surface area (Å²) in [4.78, 5) is 2.64. The van der Waals surface area contributed by atoms with E-state index in [1.807, 2.05) is 6.07 Å². The van der Waals surface area contributed by atoms with E-state index >= 15 is 0 Å². The van der Waals surface area contributed by atoms with Crippen LogP contribution in [0.15, 0.2) is 24.3 Å². The Morgan fingerprint density at radius 1 is 1.32 bits per heavy atom. The third-order valence-electron chi connectivity index (χ3n) is 4.15. The van der Waals surface area contributed by atoms with Crippen LogP contribution in [0.3, 0.4) is 0 Å². The smallest absolute Gasteiger partial charge is 0.119 e.